The first kappa shape index (κ1) is 25.2. The van der Waals surface area contributed by atoms with Gasteiger partial charge in [0, 0.05) is 39.3 Å². The molecule has 1 aliphatic heterocycles. The van der Waals surface area contributed by atoms with E-state index in [-0.39, 0.29) is 24.0 Å². The molecule has 0 aromatic heterocycles. The summed E-state index contributed by atoms with van der Waals surface area (Å²) < 4.78 is 17.3. The zero-order valence-electron chi connectivity index (χ0n) is 18.2. The lowest BCUT2D eigenvalue weighted by atomic mass is 9.98. The Labute approximate surface area is 198 Å². The molecule has 2 fully saturated rings. The van der Waals surface area contributed by atoms with Crippen LogP contribution in [0.1, 0.15) is 50.5 Å². The second-order valence-corrected chi connectivity index (χ2v) is 8.04. The maximum absolute atomic E-state index is 6.17. The monoisotopic (exact) mass is 531 g/mol. The average molecular weight is 531 g/mol. The third kappa shape index (κ3) is 9.39. The largest absolute Gasteiger partial charge is 0.490 e. The summed E-state index contributed by atoms with van der Waals surface area (Å²) in [4.78, 5) is 4.31. The van der Waals surface area contributed by atoms with Crippen LogP contribution in [0.2, 0.25) is 0 Å². The van der Waals surface area contributed by atoms with Gasteiger partial charge in [-0.25, -0.2) is 0 Å². The number of halogens is 1. The number of nitrogens with zero attached hydrogens (tertiary/aromatic N) is 1. The molecule has 170 valence electrons. The van der Waals surface area contributed by atoms with E-state index in [4.69, 9.17) is 14.2 Å². The van der Waals surface area contributed by atoms with E-state index >= 15 is 0 Å². The molecule has 0 amide bonds. The van der Waals surface area contributed by atoms with Gasteiger partial charge in [-0.2, -0.15) is 0 Å². The number of ether oxygens (including phenoxy) is 3. The second kappa shape index (κ2) is 14.9. The number of guanidine groups is 1. The Balaban J connectivity index is 0.00000320. The van der Waals surface area contributed by atoms with Crippen LogP contribution >= 0.6 is 24.0 Å². The molecule has 1 aromatic carbocycles. The van der Waals surface area contributed by atoms with Crippen molar-refractivity contribution in [2.45, 2.75) is 57.6 Å². The molecule has 0 spiro atoms. The topological polar surface area (TPSA) is 64.1 Å². The minimum Gasteiger partial charge on any atom is -0.490 e. The molecule has 1 unspecified atom stereocenters. The van der Waals surface area contributed by atoms with Crippen molar-refractivity contribution >= 4 is 29.9 Å². The Hall–Kier alpha value is -1.06. The van der Waals surface area contributed by atoms with E-state index in [1.54, 1.807) is 7.05 Å². The molecule has 2 N–H and O–H groups in total. The zero-order valence-corrected chi connectivity index (χ0v) is 20.6. The molecule has 1 saturated heterocycles. The molecule has 1 saturated carbocycles. The highest BCUT2D eigenvalue weighted by molar-refractivity contribution is 14.0. The Morgan fingerprint density at radius 2 is 2.03 bits per heavy atom. The summed E-state index contributed by atoms with van der Waals surface area (Å²) in [6.45, 7) is 4.87. The molecule has 7 heteroatoms. The quantitative estimate of drug-likeness (QED) is 0.206. The summed E-state index contributed by atoms with van der Waals surface area (Å²) >= 11 is 0. The highest BCUT2D eigenvalue weighted by atomic mass is 127. The smallest absolute Gasteiger partial charge is 0.191 e. The van der Waals surface area contributed by atoms with Gasteiger partial charge in [-0.3, -0.25) is 4.99 Å². The highest BCUT2D eigenvalue weighted by Gasteiger charge is 2.16. The van der Waals surface area contributed by atoms with Crippen LogP contribution in [0, 0.1) is 5.92 Å². The van der Waals surface area contributed by atoms with Gasteiger partial charge in [-0.15, -0.1) is 24.0 Å². The van der Waals surface area contributed by atoms with Crippen LogP contribution < -0.4 is 15.4 Å². The number of benzene rings is 1. The molecule has 1 heterocycles. The lowest BCUT2D eigenvalue weighted by molar-refractivity contribution is 0.0888. The van der Waals surface area contributed by atoms with Crippen molar-refractivity contribution < 1.29 is 14.2 Å². The highest BCUT2D eigenvalue weighted by Crippen LogP contribution is 2.23. The predicted molar refractivity (Wildman–Crippen MR) is 132 cm³/mol. The van der Waals surface area contributed by atoms with E-state index in [0.717, 1.165) is 64.1 Å². The molecule has 1 aromatic rings. The van der Waals surface area contributed by atoms with Crippen LogP contribution in [0.4, 0.5) is 0 Å². The molecule has 30 heavy (non-hydrogen) atoms. The summed E-state index contributed by atoms with van der Waals surface area (Å²) in [7, 11) is 1.80. The van der Waals surface area contributed by atoms with Crippen molar-refractivity contribution in [2.24, 2.45) is 10.9 Å². The number of nitrogens with one attached hydrogen (secondary N) is 2. The third-order valence-corrected chi connectivity index (χ3v) is 5.57. The molecule has 6 nitrogen and oxygen atoms in total. The van der Waals surface area contributed by atoms with E-state index in [9.17, 15) is 0 Å². The second-order valence-electron chi connectivity index (χ2n) is 8.04. The molecule has 2 aliphatic rings. The fourth-order valence-electron chi connectivity index (χ4n) is 3.86. The molecule has 0 radical (unpaired) electrons. The Kier molecular flexibility index (Phi) is 12.5. The SMILES string of the molecule is CN=C(NCCCOCC1CCOC1)NCc1cccc(OC2CCCCC2)c1.I. The minimum absolute atomic E-state index is 0. The number of aliphatic imine (C=N–C) groups is 1. The van der Waals surface area contributed by atoms with Crippen molar-refractivity contribution in [3.05, 3.63) is 29.8 Å². The van der Waals surface area contributed by atoms with Gasteiger partial charge in [0.05, 0.1) is 19.3 Å². The first-order chi connectivity index (χ1) is 14.3. The molecular formula is C23H38IN3O3. The first-order valence-electron chi connectivity index (χ1n) is 11.2. The summed E-state index contributed by atoms with van der Waals surface area (Å²) in [5, 5.41) is 6.73. The van der Waals surface area contributed by atoms with E-state index in [1.807, 2.05) is 0 Å². The molecule has 1 atom stereocenters. The van der Waals surface area contributed by atoms with Gasteiger partial charge in [0.1, 0.15) is 5.75 Å². The first-order valence-corrected chi connectivity index (χ1v) is 11.2. The third-order valence-electron chi connectivity index (χ3n) is 5.57. The lowest BCUT2D eigenvalue weighted by Crippen LogP contribution is -2.37. The molecular weight excluding hydrogens is 493 g/mol. The van der Waals surface area contributed by atoms with Crippen molar-refractivity contribution in [1.29, 1.82) is 0 Å². The van der Waals surface area contributed by atoms with Gasteiger partial charge in [0.15, 0.2) is 5.96 Å². The normalized spacial score (nSPS) is 19.9. The van der Waals surface area contributed by atoms with E-state index < -0.39 is 0 Å². The van der Waals surface area contributed by atoms with Crippen molar-refractivity contribution in [2.75, 3.05) is 40.0 Å². The fourth-order valence-corrected chi connectivity index (χ4v) is 3.86. The fraction of sp³-hybridized carbons (Fsp3) is 0.696. The van der Waals surface area contributed by atoms with E-state index in [0.29, 0.717) is 12.0 Å². The van der Waals surface area contributed by atoms with Gasteiger partial charge in [0.25, 0.3) is 0 Å². The van der Waals surface area contributed by atoms with Crippen LogP contribution in [0.25, 0.3) is 0 Å². The lowest BCUT2D eigenvalue weighted by Gasteiger charge is -2.23. The summed E-state index contributed by atoms with van der Waals surface area (Å²) in [5.41, 5.74) is 1.20. The number of rotatable bonds is 10. The zero-order chi connectivity index (χ0) is 20.2. The minimum atomic E-state index is 0. The number of hydrogen-bond donors (Lipinski definition) is 2. The van der Waals surface area contributed by atoms with Gasteiger partial charge >= 0.3 is 0 Å². The van der Waals surface area contributed by atoms with Gasteiger partial charge in [-0.1, -0.05) is 18.6 Å². The maximum atomic E-state index is 6.17. The van der Waals surface area contributed by atoms with Crippen LogP contribution in [0.3, 0.4) is 0 Å². The average Bonchev–Trinajstić information content (AvgIpc) is 3.27. The Morgan fingerprint density at radius 1 is 1.17 bits per heavy atom. The van der Waals surface area contributed by atoms with Crippen molar-refractivity contribution in [1.82, 2.24) is 10.6 Å². The van der Waals surface area contributed by atoms with Crippen LogP contribution in [0.5, 0.6) is 5.75 Å². The Morgan fingerprint density at radius 3 is 2.80 bits per heavy atom. The number of hydrogen-bond acceptors (Lipinski definition) is 4. The van der Waals surface area contributed by atoms with Crippen LogP contribution in [-0.4, -0.2) is 52.1 Å². The van der Waals surface area contributed by atoms with Crippen molar-refractivity contribution in [3.63, 3.8) is 0 Å². The van der Waals surface area contributed by atoms with Crippen molar-refractivity contribution in [3.8, 4) is 5.75 Å². The van der Waals surface area contributed by atoms with E-state index in [1.165, 1.54) is 37.7 Å². The standard InChI is InChI=1S/C23H37N3O3.HI/c1-24-23(25-12-6-13-27-17-20-11-14-28-18-20)26-16-19-7-5-10-22(15-19)29-21-8-3-2-4-9-21;/h5,7,10,15,20-21H,2-4,6,8-9,11-14,16-18H2,1H3,(H2,24,25,26);1H. The van der Waals surface area contributed by atoms with Gasteiger partial charge in [-0.05, 0) is 56.2 Å². The van der Waals surface area contributed by atoms with Gasteiger partial charge < -0.3 is 24.8 Å². The summed E-state index contributed by atoms with van der Waals surface area (Å²) in [6.07, 6.45) is 8.74. The van der Waals surface area contributed by atoms with E-state index in [2.05, 4.69) is 39.9 Å². The summed E-state index contributed by atoms with van der Waals surface area (Å²) in [5.74, 6) is 2.37. The predicted octanol–water partition coefficient (Wildman–Crippen LogP) is 4.12. The summed E-state index contributed by atoms with van der Waals surface area (Å²) in [6, 6.07) is 8.38. The van der Waals surface area contributed by atoms with Crippen LogP contribution in [-0.2, 0) is 16.0 Å². The maximum Gasteiger partial charge on any atom is 0.191 e. The van der Waals surface area contributed by atoms with Crippen LogP contribution in [0.15, 0.2) is 29.3 Å². The molecule has 1 aliphatic carbocycles. The Bertz CT molecular complexity index is 617. The molecule has 3 rings (SSSR count). The van der Waals surface area contributed by atoms with Gasteiger partial charge in [0.2, 0.25) is 0 Å². The molecule has 0 bridgehead atoms.